The first-order valence-electron chi connectivity index (χ1n) is 7.24. The van der Waals surface area contributed by atoms with E-state index in [0.29, 0.717) is 72.2 Å². The first-order valence-corrected chi connectivity index (χ1v) is 7.24. The molecular formula is C14H26NO6Y-. The zero-order chi connectivity index (χ0) is 15.6. The van der Waals surface area contributed by atoms with Crippen LogP contribution >= 0.6 is 0 Å². The van der Waals surface area contributed by atoms with Gasteiger partial charge in [0.05, 0.1) is 46.2 Å². The van der Waals surface area contributed by atoms with Crippen molar-refractivity contribution in [2.45, 2.75) is 19.8 Å². The van der Waals surface area contributed by atoms with E-state index in [9.17, 15) is 9.59 Å². The van der Waals surface area contributed by atoms with Crippen molar-refractivity contribution in [3.05, 3.63) is 0 Å². The Balaban J connectivity index is 0. The predicted molar refractivity (Wildman–Crippen MR) is 76.9 cm³/mol. The summed E-state index contributed by atoms with van der Waals surface area (Å²) in [5, 5.41) is 2.72. The fourth-order valence-electron chi connectivity index (χ4n) is 1.26. The van der Waals surface area contributed by atoms with Crippen molar-refractivity contribution >= 4 is 12.2 Å². The number of nitrogens with one attached hydrogen (secondary N) is 1. The molecule has 0 spiro atoms. The van der Waals surface area contributed by atoms with Crippen LogP contribution in [0, 0.1) is 0 Å². The van der Waals surface area contributed by atoms with Crippen LogP contribution in [0.1, 0.15) is 19.8 Å². The molecule has 0 aromatic rings. The number of hydrogen-bond donors (Lipinski definition) is 1. The van der Waals surface area contributed by atoms with E-state index in [1.165, 1.54) is 0 Å². The Morgan fingerprint density at radius 3 is 1.77 bits per heavy atom. The van der Waals surface area contributed by atoms with Crippen LogP contribution in [0.15, 0.2) is 0 Å². The normalized spacial score (nSPS) is 10.0. The number of amides is 1. The summed E-state index contributed by atoms with van der Waals surface area (Å²) in [5.41, 5.74) is 0. The minimum absolute atomic E-state index is 0. The maximum Gasteiger partial charge on any atom is 0.219 e. The van der Waals surface area contributed by atoms with Gasteiger partial charge in [0.15, 0.2) is 0 Å². The monoisotopic (exact) mass is 393 g/mol. The molecule has 0 unspecified atom stereocenters. The molecule has 7 nitrogen and oxygen atoms in total. The van der Waals surface area contributed by atoms with E-state index in [1.54, 1.807) is 6.29 Å². The molecule has 0 aliphatic heterocycles. The topological polar surface area (TPSA) is 83.1 Å². The Kier molecular flexibility index (Phi) is 23.3. The summed E-state index contributed by atoms with van der Waals surface area (Å²) in [4.78, 5) is 20.8. The molecule has 1 amide bonds. The van der Waals surface area contributed by atoms with Gasteiger partial charge in [0.25, 0.3) is 0 Å². The first-order chi connectivity index (χ1) is 10.3. The third-order valence-corrected chi connectivity index (χ3v) is 2.35. The van der Waals surface area contributed by atoms with Crippen molar-refractivity contribution in [1.82, 2.24) is 5.32 Å². The zero-order valence-electron chi connectivity index (χ0n) is 13.3. The minimum atomic E-state index is 0. The van der Waals surface area contributed by atoms with Crippen molar-refractivity contribution < 1.29 is 61.2 Å². The first kappa shape index (κ1) is 24.3. The molecule has 0 aliphatic carbocycles. The van der Waals surface area contributed by atoms with Crippen LogP contribution < -0.4 is 5.32 Å². The number of carbonyl (C=O) groups is 1. The quantitative estimate of drug-likeness (QED) is 0.295. The molecule has 0 aromatic heterocycles. The van der Waals surface area contributed by atoms with Gasteiger partial charge in [-0.15, -0.1) is 6.42 Å². The number of rotatable bonds is 16. The van der Waals surface area contributed by atoms with E-state index in [-0.39, 0.29) is 38.6 Å². The van der Waals surface area contributed by atoms with Crippen LogP contribution in [0.4, 0.5) is 0 Å². The van der Waals surface area contributed by atoms with E-state index in [4.69, 9.17) is 18.9 Å². The summed E-state index contributed by atoms with van der Waals surface area (Å²) in [6.07, 6.45) is 2.54. The van der Waals surface area contributed by atoms with E-state index in [0.717, 1.165) is 0 Å². The molecule has 1 radical (unpaired) electrons. The molecule has 0 fully saturated rings. The van der Waals surface area contributed by atoms with Gasteiger partial charge in [-0.1, -0.05) is 6.92 Å². The number of hydrogen-bond acceptors (Lipinski definition) is 6. The molecule has 0 saturated carbocycles. The number of carbonyl (C=O) groups excluding carboxylic acids is 2. The molecule has 127 valence electrons. The van der Waals surface area contributed by atoms with Gasteiger partial charge in [-0.3, -0.25) is 11.1 Å². The second-order valence-electron chi connectivity index (χ2n) is 4.05. The molecule has 0 aromatic carbocycles. The van der Waals surface area contributed by atoms with Gasteiger partial charge in [0, 0.05) is 52.3 Å². The Morgan fingerprint density at radius 2 is 1.32 bits per heavy atom. The Morgan fingerprint density at radius 1 is 0.864 bits per heavy atom. The average molecular weight is 393 g/mol. The van der Waals surface area contributed by atoms with Gasteiger partial charge in [-0.25, -0.2) is 0 Å². The summed E-state index contributed by atoms with van der Waals surface area (Å²) in [6.45, 7) is 6.14. The fraction of sp³-hybridized carbons (Fsp3) is 0.857. The standard InChI is InChI=1S/C14H26NO6.Y/c1-2-14(17)15-4-7-19-9-11-21-13-12-20-10-8-18-6-3-5-16;/h2-4,6-13H2,1H3,(H,15,17);/q-1;. The molecule has 22 heavy (non-hydrogen) atoms. The van der Waals surface area contributed by atoms with Crippen molar-refractivity contribution in [2.24, 2.45) is 0 Å². The summed E-state index contributed by atoms with van der Waals surface area (Å²) >= 11 is 0. The second-order valence-corrected chi connectivity index (χ2v) is 4.05. The van der Waals surface area contributed by atoms with Crippen LogP contribution in [-0.2, 0) is 61.2 Å². The van der Waals surface area contributed by atoms with Crippen LogP contribution in [0.2, 0.25) is 0 Å². The molecule has 0 saturated heterocycles. The van der Waals surface area contributed by atoms with Gasteiger partial charge in [-0.05, 0) is 0 Å². The second kappa shape index (κ2) is 21.1. The Bertz CT molecular complexity index is 255. The molecule has 0 aliphatic rings. The smallest absolute Gasteiger partial charge is 0.219 e. The maximum atomic E-state index is 10.9. The van der Waals surface area contributed by atoms with E-state index in [2.05, 4.69) is 5.32 Å². The van der Waals surface area contributed by atoms with Gasteiger partial charge in [-0.2, -0.15) is 0 Å². The maximum absolute atomic E-state index is 10.9. The van der Waals surface area contributed by atoms with E-state index < -0.39 is 0 Å². The van der Waals surface area contributed by atoms with Crippen molar-refractivity contribution in [3.63, 3.8) is 0 Å². The summed E-state index contributed by atoms with van der Waals surface area (Å²) < 4.78 is 20.9. The molecule has 8 heteroatoms. The molecule has 0 atom stereocenters. The summed E-state index contributed by atoms with van der Waals surface area (Å²) in [5.74, 6) is 0.0280. The summed E-state index contributed by atoms with van der Waals surface area (Å²) in [6, 6.07) is 0. The molecule has 0 bridgehead atoms. The van der Waals surface area contributed by atoms with Gasteiger partial charge in [0.2, 0.25) is 5.91 Å². The Hall–Kier alpha value is 0.0839. The molecule has 0 heterocycles. The average Bonchev–Trinajstić information content (AvgIpc) is 2.50. The van der Waals surface area contributed by atoms with E-state index >= 15 is 0 Å². The van der Waals surface area contributed by atoms with Gasteiger partial charge >= 0.3 is 0 Å². The van der Waals surface area contributed by atoms with Crippen LogP contribution in [0.5, 0.6) is 0 Å². The van der Waals surface area contributed by atoms with Crippen molar-refractivity contribution in [1.29, 1.82) is 0 Å². The largest absolute Gasteiger partial charge is 0.542 e. The minimum Gasteiger partial charge on any atom is -0.542 e. The van der Waals surface area contributed by atoms with Crippen LogP contribution in [0.25, 0.3) is 0 Å². The molecular weight excluding hydrogens is 367 g/mol. The zero-order valence-corrected chi connectivity index (χ0v) is 16.1. The Labute approximate surface area is 157 Å². The number of ether oxygens (including phenoxy) is 4. The van der Waals surface area contributed by atoms with Crippen LogP contribution in [-0.4, -0.2) is 71.6 Å². The fourth-order valence-corrected chi connectivity index (χ4v) is 1.26. The van der Waals surface area contributed by atoms with E-state index in [1.807, 2.05) is 6.92 Å². The predicted octanol–water partition coefficient (Wildman–Crippen LogP) is 0.0763. The van der Waals surface area contributed by atoms with Gasteiger partial charge in [0.1, 0.15) is 0 Å². The van der Waals surface area contributed by atoms with Crippen molar-refractivity contribution in [3.8, 4) is 0 Å². The molecule has 0 rings (SSSR count). The third kappa shape index (κ3) is 20.1. The van der Waals surface area contributed by atoms with Gasteiger partial charge < -0.3 is 29.1 Å². The van der Waals surface area contributed by atoms with Crippen LogP contribution in [0.3, 0.4) is 0 Å². The third-order valence-electron chi connectivity index (χ3n) is 2.35. The molecule has 1 N–H and O–H groups in total. The van der Waals surface area contributed by atoms with Crippen molar-refractivity contribution in [2.75, 3.05) is 59.4 Å². The summed E-state index contributed by atoms with van der Waals surface area (Å²) in [7, 11) is 0. The SMILES string of the molecule is CCC(=O)NCCOCCOCCOCCOCC[C-]=O.[Y].